The fourth-order valence-corrected chi connectivity index (χ4v) is 3.45. The summed E-state index contributed by atoms with van der Waals surface area (Å²) in [6.45, 7) is 14.0. The molecule has 0 aromatic heterocycles. The van der Waals surface area contributed by atoms with E-state index in [1.165, 1.54) is 38.5 Å². The minimum absolute atomic E-state index is 0. The van der Waals surface area contributed by atoms with Crippen LogP contribution in [0, 0.1) is 48.3 Å². The zero-order valence-corrected chi connectivity index (χ0v) is 22.1. The summed E-state index contributed by atoms with van der Waals surface area (Å²) in [6.07, 6.45) is 13.5. The van der Waals surface area contributed by atoms with Gasteiger partial charge in [-0.05, 0) is 74.0 Å². The summed E-state index contributed by atoms with van der Waals surface area (Å²) in [7, 11) is 0. The Bertz CT molecular complexity index is 214. The van der Waals surface area contributed by atoms with E-state index in [4.69, 9.17) is 0 Å². The maximum absolute atomic E-state index is 2.53. The van der Waals surface area contributed by atoms with E-state index in [2.05, 4.69) is 54.4 Å². The minimum atomic E-state index is 0. The summed E-state index contributed by atoms with van der Waals surface area (Å²) < 4.78 is 0. The Kier molecular flexibility index (Phi) is 20.5. The fourth-order valence-electron chi connectivity index (χ4n) is 3.45. The van der Waals surface area contributed by atoms with Crippen LogP contribution in [0.4, 0.5) is 0 Å². The van der Waals surface area contributed by atoms with Gasteiger partial charge in [-0.15, -0.1) is 0 Å². The van der Waals surface area contributed by atoms with Gasteiger partial charge in [-0.2, -0.15) is 0 Å². The molecule has 2 aliphatic carbocycles. The van der Waals surface area contributed by atoms with E-state index in [-0.39, 0.29) is 57.9 Å². The van der Waals surface area contributed by atoms with Crippen LogP contribution in [0.25, 0.3) is 0 Å². The average Bonchev–Trinajstić information content (AvgIpc) is 2.40. The van der Waals surface area contributed by atoms with E-state index in [1.807, 2.05) is 0 Å². The Morgan fingerprint density at radius 3 is 1.13 bits per heavy atom. The largest absolute Gasteiger partial charge is 2.00 e. The van der Waals surface area contributed by atoms with Gasteiger partial charge in [0.25, 0.3) is 0 Å². The van der Waals surface area contributed by atoms with Gasteiger partial charge in [0, 0.05) is 0 Å². The van der Waals surface area contributed by atoms with Gasteiger partial charge in [-0.1, -0.05) is 54.4 Å². The van der Waals surface area contributed by atoms with Crippen LogP contribution in [-0.2, 0) is 0 Å². The molecule has 0 bridgehead atoms. The molecular weight excluding hydrogens is 519 g/mol. The molecular formula is C20H38Br2Sn. The van der Waals surface area contributed by atoms with E-state index in [0.29, 0.717) is 0 Å². The number of rotatable bonds is 2. The summed E-state index contributed by atoms with van der Waals surface area (Å²) >= 11 is 0. The predicted octanol–water partition coefficient (Wildman–Crippen LogP) is 0.193. The molecule has 0 aliphatic heterocycles. The molecule has 0 heterocycles. The molecule has 2 fully saturated rings. The second-order valence-corrected chi connectivity index (χ2v) is 8.12. The van der Waals surface area contributed by atoms with E-state index in [0.717, 1.165) is 35.5 Å². The van der Waals surface area contributed by atoms with Gasteiger partial charge in [0.2, 0.25) is 0 Å². The van der Waals surface area contributed by atoms with Crippen LogP contribution in [0.5, 0.6) is 0 Å². The van der Waals surface area contributed by atoms with Crippen molar-refractivity contribution < 1.29 is 34.0 Å². The molecule has 0 nitrogen and oxygen atoms in total. The Morgan fingerprint density at radius 1 is 0.652 bits per heavy atom. The molecule has 0 N–H and O–H groups in total. The van der Waals surface area contributed by atoms with Crippen molar-refractivity contribution in [3.05, 3.63) is 12.8 Å². The molecule has 2 rings (SSSR count). The van der Waals surface area contributed by atoms with Gasteiger partial charge in [-0.25, -0.2) is 0 Å². The molecule has 4 radical (unpaired) electrons. The smallest absolute Gasteiger partial charge is 1.00 e. The zero-order valence-electron chi connectivity index (χ0n) is 16.1. The van der Waals surface area contributed by atoms with Crippen molar-refractivity contribution in [3.63, 3.8) is 0 Å². The van der Waals surface area contributed by atoms with Crippen LogP contribution in [-0.4, -0.2) is 23.9 Å². The molecule has 4 atom stereocenters. The molecule has 0 amide bonds. The topological polar surface area (TPSA) is 0 Å². The summed E-state index contributed by atoms with van der Waals surface area (Å²) in [5.74, 6) is 5.47. The maximum Gasteiger partial charge on any atom is 2.00 e. The van der Waals surface area contributed by atoms with Gasteiger partial charge in [0.15, 0.2) is 0 Å². The summed E-state index contributed by atoms with van der Waals surface area (Å²) in [5, 5.41) is 0. The Hall–Kier alpha value is 1.76. The van der Waals surface area contributed by atoms with Crippen LogP contribution in [0.1, 0.15) is 80.1 Å². The van der Waals surface area contributed by atoms with Crippen molar-refractivity contribution in [1.82, 2.24) is 0 Å². The van der Waals surface area contributed by atoms with Gasteiger partial charge >= 0.3 is 23.9 Å². The molecule has 0 spiro atoms. The third-order valence-corrected chi connectivity index (χ3v) is 5.38. The van der Waals surface area contributed by atoms with Gasteiger partial charge in [-0.3, -0.25) is 0 Å². The van der Waals surface area contributed by atoms with Crippen molar-refractivity contribution in [2.45, 2.75) is 80.1 Å². The van der Waals surface area contributed by atoms with Crippen molar-refractivity contribution in [1.29, 1.82) is 0 Å². The Morgan fingerprint density at radius 2 is 0.957 bits per heavy atom. The van der Waals surface area contributed by atoms with E-state index in [1.54, 1.807) is 0 Å². The average molecular weight is 557 g/mol. The van der Waals surface area contributed by atoms with Gasteiger partial charge in [0.1, 0.15) is 0 Å². The van der Waals surface area contributed by atoms with Gasteiger partial charge in [0.05, 0.1) is 0 Å². The monoisotopic (exact) mass is 556 g/mol. The summed E-state index contributed by atoms with van der Waals surface area (Å²) in [4.78, 5) is 0. The van der Waals surface area contributed by atoms with Crippen molar-refractivity contribution in [2.24, 2.45) is 35.5 Å². The van der Waals surface area contributed by atoms with Crippen molar-refractivity contribution in [2.75, 3.05) is 0 Å². The van der Waals surface area contributed by atoms with Crippen LogP contribution >= 0.6 is 0 Å². The van der Waals surface area contributed by atoms with Crippen LogP contribution in [0.2, 0.25) is 0 Å². The molecule has 2 aliphatic rings. The van der Waals surface area contributed by atoms with Crippen LogP contribution in [0.15, 0.2) is 0 Å². The van der Waals surface area contributed by atoms with E-state index >= 15 is 0 Å². The first kappa shape index (κ1) is 29.5. The summed E-state index contributed by atoms with van der Waals surface area (Å²) in [5.41, 5.74) is 0. The maximum atomic E-state index is 2.53. The van der Waals surface area contributed by atoms with Crippen LogP contribution < -0.4 is 34.0 Å². The molecule has 0 saturated heterocycles. The first-order valence-corrected chi connectivity index (χ1v) is 9.06. The van der Waals surface area contributed by atoms with Crippen LogP contribution in [0.3, 0.4) is 0 Å². The zero-order chi connectivity index (χ0) is 15.1. The number of halogens is 2. The fraction of sp³-hybridized carbons (Fsp3) is 0.900. The molecule has 2 saturated carbocycles. The standard InChI is InChI=1S/2C10H19.2BrH.Sn/c2*1-8(2)10-6-4-9(3)5-7-10;;;/h2*6,8-10H,4-5,7H2,1-3H3;2*1H;/q;;;;+2/p-2/t2*9-,10-;;;/m00.../s1. The molecule has 3 heteroatoms. The Labute approximate surface area is 185 Å². The predicted molar refractivity (Wildman–Crippen MR) is 97.0 cm³/mol. The van der Waals surface area contributed by atoms with Crippen molar-refractivity contribution >= 4 is 23.9 Å². The molecule has 136 valence electrons. The first-order chi connectivity index (χ1) is 9.40. The third kappa shape index (κ3) is 12.7. The van der Waals surface area contributed by atoms with E-state index < -0.39 is 0 Å². The number of hydrogen-bond acceptors (Lipinski definition) is 0. The summed E-state index contributed by atoms with van der Waals surface area (Å²) in [6, 6.07) is 0. The second kappa shape index (κ2) is 16.0. The SMILES string of the molecule is CC(C)[C@H]1[CH]C[C@H](C)CC1.CC(C)[C@H]1[CH]C[C@H](C)CC1.[Br-].[Br-].[Sn+2]. The normalized spacial score (nSPS) is 30.3. The molecule has 0 aromatic rings. The second-order valence-electron chi connectivity index (χ2n) is 8.12. The quantitative estimate of drug-likeness (QED) is 0.426. The number of hydrogen-bond donors (Lipinski definition) is 0. The first-order valence-electron chi connectivity index (χ1n) is 9.06. The Balaban J connectivity index is -0.000000308. The molecule has 0 unspecified atom stereocenters. The van der Waals surface area contributed by atoms with E-state index in [9.17, 15) is 0 Å². The third-order valence-electron chi connectivity index (χ3n) is 5.38. The van der Waals surface area contributed by atoms with Gasteiger partial charge < -0.3 is 34.0 Å². The minimum Gasteiger partial charge on any atom is -1.00 e. The molecule has 23 heavy (non-hydrogen) atoms. The molecule has 0 aromatic carbocycles. The van der Waals surface area contributed by atoms with Crippen molar-refractivity contribution in [3.8, 4) is 0 Å².